The fraction of sp³-hybridized carbons (Fsp3) is 0.909. The van der Waals surface area contributed by atoms with Crippen molar-refractivity contribution in [2.75, 3.05) is 13.1 Å². The van der Waals surface area contributed by atoms with Crippen molar-refractivity contribution in [1.29, 1.82) is 0 Å². The van der Waals surface area contributed by atoms with Gasteiger partial charge in [-0.05, 0) is 13.1 Å². The van der Waals surface area contributed by atoms with Crippen LogP contribution in [-0.2, 0) is 4.79 Å². The van der Waals surface area contributed by atoms with E-state index in [2.05, 4.69) is 5.32 Å². The Bertz CT molecular complexity index is 174. The topological polar surface area (TPSA) is 29.1 Å². The van der Waals surface area contributed by atoms with E-state index in [-0.39, 0.29) is 11.7 Å². The van der Waals surface area contributed by atoms with Crippen molar-refractivity contribution in [3.8, 4) is 0 Å². The maximum absolute atomic E-state index is 13.8. The summed E-state index contributed by atoms with van der Waals surface area (Å²) in [6, 6.07) is 0. The van der Waals surface area contributed by atoms with Gasteiger partial charge in [0.15, 0.2) is 11.5 Å². The van der Waals surface area contributed by atoms with Crippen molar-refractivity contribution < 1.29 is 9.18 Å². The Kier molecular flexibility index (Phi) is 5.93. The van der Waals surface area contributed by atoms with Crippen molar-refractivity contribution >= 4 is 5.78 Å². The highest BCUT2D eigenvalue weighted by Gasteiger charge is 2.40. The maximum atomic E-state index is 13.8. The quantitative estimate of drug-likeness (QED) is 0.746. The van der Waals surface area contributed by atoms with Crippen molar-refractivity contribution in [3.63, 3.8) is 0 Å². The zero-order chi connectivity index (χ0) is 11.2. The smallest absolute Gasteiger partial charge is 0.172 e. The molecule has 84 valence electrons. The summed E-state index contributed by atoms with van der Waals surface area (Å²) in [6.45, 7) is 8.75. The molecule has 3 heteroatoms. The van der Waals surface area contributed by atoms with Gasteiger partial charge in [-0.1, -0.05) is 27.7 Å². The fourth-order valence-corrected chi connectivity index (χ4v) is 1.59. The van der Waals surface area contributed by atoms with Gasteiger partial charge < -0.3 is 5.32 Å². The van der Waals surface area contributed by atoms with Crippen LogP contribution >= 0.6 is 0 Å². The predicted molar refractivity (Wildman–Crippen MR) is 57.1 cm³/mol. The molecule has 0 spiro atoms. The van der Waals surface area contributed by atoms with Gasteiger partial charge in [-0.2, -0.15) is 0 Å². The van der Waals surface area contributed by atoms with Crippen LogP contribution in [0.3, 0.4) is 0 Å². The summed E-state index contributed by atoms with van der Waals surface area (Å²) in [5.74, 6) is -0.419. The lowest BCUT2D eigenvalue weighted by Crippen LogP contribution is -2.46. The Hall–Kier alpha value is -0.440. The second-order valence-electron chi connectivity index (χ2n) is 3.73. The van der Waals surface area contributed by atoms with Gasteiger partial charge in [-0.3, -0.25) is 4.79 Å². The van der Waals surface area contributed by atoms with Crippen molar-refractivity contribution in [1.82, 2.24) is 5.32 Å². The Morgan fingerprint density at radius 3 is 2.07 bits per heavy atom. The number of nitrogens with one attached hydrogen (secondary N) is 1. The highest BCUT2D eigenvalue weighted by Crippen LogP contribution is 2.27. The third kappa shape index (κ3) is 3.37. The van der Waals surface area contributed by atoms with Gasteiger partial charge in [0.25, 0.3) is 0 Å². The van der Waals surface area contributed by atoms with Crippen LogP contribution in [0.25, 0.3) is 0 Å². The molecule has 1 aliphatic heterocycles. The minimum atomic E-state index is -1.54. The van der Waals surface area contributed by atoms with Gasteiger partial charge in [-0.25, -0.2) is 4.39 Å². The molecular formula is C11H22FNO. The lowest BCUT2D eigenvalue weighted by atomic mass is 9.85. The third-order valence-corrected chi connectivity index (χ3v) is 2.36. The molecule has 1 N–H and O–H groups in total. The largest absolute Gasteiger partial charge is 0.316 e. The van der Waals surface area contributed by atoms with Gasteiger partial charge in [0.1, 0.15) is 0 Å². The first-order valence-corrected chi connectivity index (χ1v) is 5.50. The fourth-order valence-electron chi connectivity index (χ4n) is 1.59. The number of carbonyl (C=O) groups is 1. The van der Waals surface area contributed by atoms with Crippen molar-refractivity contribution in [2.45, 2.75) is 46.2 Å². The summed E-state index contributed by atoms with van der Waals surface area (Å²) in [4.78, 5) is 11.4. The SMILES string of the molecule is CC.CC(C)C(=O)C1(F)CCNCC1. The Morgan fingerprint density at radius 1 is 1.29 bits per heavy atom. The molecule has 0 radical (unpaired) electrons. The lowest BCUT2D eigenvalue weighted by Gasteiger charge is -2.29. The van der Waals surface area contributed by atoms with Crippen LogP contribution in [-0.4, -0.2) is 24.5 Å². The number of hydrogen-bond donors (Lipinski definition) is 1. The second kappa shape index (κ2) is 6.12. The summed E-state index contributed by atoms with van der Waals surface area (Å²) in [6.07, 6.45) is 0.675. The van der Waals surface area contributed by atoms with Crippen molar-refractivity contribution in [2.24, 2.45) is 5.92 Å². The average molecular weight is 203 g/mol. The summed E-state index contributed by atoms with van der Waals surface area (Å²) in [7, 11) is 0. The van der Waals surface area contributed by atoms with E-state index < -0.39 is 5.67 Å². The van der Waals surface area contributed by atoms with Crippen LogP contribution in [0.2, 0.25) is 0 Å². The minimum absolute atomic E-state index is 0.187. The molecule has 0 atom stereocenters. The predicted octanol–water partition coefficient (Wildman–Crippen LogP) is 2.33. The molecule has 0 aliphatic carbocycles. The molecule has 0 amide bonds. The van der Waals surface area contributed by atoms with Gasteiger partial charge >= 0.3 is 0 Å². The lowest BCUT2D eigenvalue weighted by molar-refractivity contribution is -0.135. The molecule has 14 heavy (non-hydrogen) atoms. The Balaban J connectivity index is 0.000000791. The minimum Gasteiger partial charge on any atom is -0.316 e. The standard InChI is InChI=1S/C9H16FNO.C2H6/c1-7(2)8(12)9(10)3-5-11-6-4-9;1-2/h7,11H,3-6H2,1-2H3;1-2H3. The van der Waals surface area contributed by atoms with Crippen LogP contribution in [0, 0.1) is 5.92 Å². The van der Waals surface area contributed by atoms with Crippen LogP contribution in [0.5, 0.6) is 0 Å². The molecule has 1 aliphatic rings. The second-order valence-corrected chi connectivity index (χ2v) is 3.73. The van der Waals surface area contributed by atoms with Crippen molar-refractivity contribution in [3.05, 3.63) is 0 Å². The summed E-state index contributed by atoms with van der Waals surface area (Å²) < 4.78 is 13.8. The monoisotopic (exact) mass is 203 g/mol. The van der Waals surface area contributed by atoms with Crippen LogP contribution in [0.1, 0.15) is 40.5 Å². The molecular weight excluding hydrogens is 181 g/mol. The molecule has 1 fully saturated rings. The Morgan fingerprint density at radius 2 is 1.71 bits per heavy atom. The number of piperidine rings is 1. The molecule has 1 heterocycles. The number of rotatable bonds is 2. The first kappa shape index (κ1) is 13.6. The normalized spacial score (nSPS) is 19.9. The number of ketones is 1. The van der Waals surface area contributed by atoms with E-state index in [0.717, 1.165) is 0 Å². The molecule has 0 unspecified atom stereocenters. The molecule has 2 nitrogen and oxygen atoms in total. The number of Topliss-reactive ketones (excluding diaryl/α,β-unsaturated/α-hetero) is 1. The number of hydrogen-bond acceptors (Lipinski definition) is 2. The first-order chi connectivity index (χ1) is 6.56. The zero-order valence-electron chi connectivity index (χ0n) is 9.69. The number of carbonyl (C=O) groups excluding carboxylic acids is 1. The molecule has 0 aromatic carbocycles. The highest BCUT2D eigenvalue weighted by molar-refractivity contribution is 5.88. The van der Waals surface area contributed by atoms with Gasteiger partial charge in [0, 0.05) is 18.8 Å². The van der Waals surface area contributed by atoms with Gasteiger partial charge in [0.05, 0.1) is 0 Å². The molecule has 0 aromatic rings. The zero-order valence-corrected chi connectivity index (χ0v) is 9.69. The van der Waals surface area contributed by atoms with Gasteiger partial charge in [-0.15, -0.1) is 0 Å². The summed E-state index contributed by atoms with van der Waals surface area (Å²) in [5.41, 5.74) is -1.54. The molecule has 0 aromatic heterocycles. The van der Waals surface area contributed by atoms with E-state index in [1.165, 1.54) is 0 Å². The van der Waals surface area contributed by atoms with E-state index in [1.54, 1.807) is 13.8 Å². The van der Waals surface area contributed by atoms with Crippen LogP contribution < -0.4 is 5.32 Å². The molecule has 1 saturated heterocycles. The van der Waals surface area contributed by atoms with E-state index in [1.807, 2.05) is 13.8 Å². The average Bonchev–Trinajstić information content (AvgIpc) is 2.21. The molecule has 0 bridgehead atoms. The number of halogens is 1. The Labute approximate surface area is 86.3 Å². The highest BCUT2D eigenvalue weighted by atomic mass is 19.1. The molecule has 1 rings (SSSR count). The van der Waals surface area contributed by atoms with Gasteiger partial charge in [0.2, 0.25) is 0 Å². The summed E-state index contributed by atoms with van der Waals surface area (Å²) in [5, 5.41) is 3.04. The van der Waals surface area contributed by atoms with E-state index in [0.29, 0.717) is 25.9 Å². The first-order valence-electron chi connectivity index (χ1n) is 5.50. The van der Waals surface area contributed by atoms with Crippen LogP contribution in [0.15, 0.2) is 0 Å². The molecule has 0 saturated carbocycles. The van der Waals surface area contributed by atoms with Crippen LogP contribution in [0.4, 0.5) is 4.39 Å². The third-order valence-electron chi connectivity index (χ3n) is 2.36. The maximum Gasteiger partial charge on any atom is 0.172 e. The van der Waals surface area contributed by atoms with E-state index in [9.17, 15) is 9.18 Å². The summed E-state index contributed by atoms with van der Waals surface area (Å²) >= 11 is 0. The van der Waals surface area contributed by atoms with E-state index >= 15 is 0 Å². The number of alkyl halides is 1. The van der Waals surface area contributed by atoms with E-state index in [4.69, 9.17) is 0 Å².